The van der Waals surface area contributed by atoms with E-state index >= 15 is 0 Å². The molecule has 2 nitrogen and oxygen atoms in total. The normalized spacial score (nSPS) is 15.7. The fourth-order valence-corrected chi connectivity index (χ4v) is 0.646. The summed E-state index contributed by atoms with van der Waals surface area (Å²) in [5, 5.41) is 0. The van der Waals surface area contributed by atoms with Crippen molar-refractivity contribution in [1.82, 2.24) is 0 Å². The van der Waals surface area contributed by atoms with Gasteiger partial charge in [0.1, 0.15) is 0 Å². The van der Waals surface area contributed by atoms with E-state index in [0.717, 1.165) is 12.1 Å². The van der Waals surface area contributed by atoms with E-state index in [0.29, 0.717) is 0 Å². The standard InChI is InChI=1S/C7H15NO/c1-4-7(9-3)5-6(2)8/h5,7H,4,8H2,1-3H3/b6-5+. The topological polar surface area (TPSA) is 35.2 Å². The monoisotopic (exact) mass is 129 g/mol. The van der Waals surface area contributed by atoms with Crippen molar-refractivity contribution >= 4 is 0 Å². The molecule has 0 aromatic rings. The lowest BCUT2D eigenvalue weighted by atomic mass is 10.2. The van der Waals surface area contributed by atoms with Gasteiger partial charge in [-0.2, -0.15) is 0 Å². The van der Waals surface area contributed by atoms with E-state index in [9.17, 15) is 0 Å². The molecule has 54 valence electrons. The van der Waals surface area contributed by atoms with Gasteiger partial charge in [-0.3, -0.25) is 0 Å². The van der Waals surface area contributed by atoms with Crippen LogP contribution in [0.5, 0.6) is 0 Å². The molecule has 0 aliphatic carbocycles. The first-order valence-corrected chi connectivity index (χ1v) is 3.17. The Hall–Kier alpha value is -0.500. The van der Waals surface area contributed by atoms with Crippen molar-refractivity contribution in [2.45, 2.75) is 26.4 Å². The maximum Gasteiger partial charge on any atom is 0.0768 e. The zero-order valence-corrected chi connectivity index (χ0v) is 6.35. The molecular weight excluding hydrogens is 114 g/mol. The Balaban J connectivity index is 3.68. The largest absolute Gasteiger partial charge is 0.402 e. The number of rotatable bonds is 3. The van der Waals surface area contributed by atoms with Crippen molar-refractivity contribution < 1.29 is 4.74 Å². The minimum Gasteiger partial charge on any atom is -0.402 e. The number of nitrogens with two attached hydrogens (primary N) is 1. The van der Waals surface area contributed by atoms with Crippen LogP contribution in [0.15, 0.2) is 11.8 Å². The molecule has 2 N–H and O–H groups in total. The number of allylic oxidation sites excluding steroid dienone is 1. The highest BCUT2D eigenvalue weighted by Crippen LogP contribution is 1.98. The van der Waals surface area contributed by atoms with Gasteiger partial charge in [-0.25, -0.2) is 0 Å². The van der Waals surface area contributed by atoms with Crippen LogP contribution in [-0.4, -0.2) is 13.2 Å². The van der Waals surface area contributed by atoms with Crippen LogP contribution in [0.1, 0.15) is 20.3 Å². The molecule has 0 amide bonds. The lowest BCUT2D eigenvalue weighted by molar-refractivity contribution is 0.137. The summed E-state index contributed by atoms with van der Waals surface area (Å²) >= 11 is 0. The zero-order chi connectivity index (χ0) is 7.28. The van der Waals surface area contributed by atoms with Gasteiger partial charge in [0.05, 0.1) is 6.10 Å². The summed E-state index contributed by atoms with van der Waals surface area (Å²) in [7, 11) is 1.69. The van der Waals surface area contributed by atoms with Crippen molar-refractivity contribution in [3.63, 3.8) is 0 Å². The highest BCUT2D eigenvalue weighted by molar-refractivity contribution is 4.96. The van der Waals surface area contributed by atoms with E-state index in [2.05, 4.69) is 6.92 Å². The average Bonchev–Trinajstić information content (AvgIpc) is 1.82. The van der Waals surface area contributed by atoms with Gasteiger partial charge < -0.3 is 10.5 Å². The average molecular weight is 129 g/mol. The van der Waals surface area contributed by atoms with E-state index in [-0.39, 0.29) is 6.10 Å². The summed E-state index contributed by atoms with van der Waals surface area (Å²) in [6, 6.07) is 0. The molecule has 0 aromatic carbocycles. The third kappa shape index (κ3) is 4.03. The number of methoxy groups -OCH3 is 1. The molecule has 2 heteroatoms. The van der Waals surface area contributed by atoms with Gasteiger partial charge in [0, 0.05) is 12.8 Å². The summed E-state index contributed by atoms with van der Waals surface area (Å²) < 4.78 is 5.05. The molecule has 1 atom stereocenters. The lowest BCUT2D eigenvalue weighted by Gasteiger charge is -2.06. The predicted octanol–water partition coefficient (Wildman–Crippen LogP) is 1.27. The maximum absolute atomic E-state index is 5.43. The van der Waals surface area contributed by atoms with Gasteiger partial charge in [-0.15, -0.1) is 0 Å². The lowest BCUT2D eigenvalue weighted by Crippen LogP contribution is -2.07. The van der Waals surface area contributed by atoms with Crippen LogP contribution in [-0.2, 0) is 4.74 Å². The van der Waals surface area contributed by atoms with Crippen LogP contribution in [0.3, 0.4) is 0 Å². The summed E-state index contributed by atoms with van der Waals surface area (Å²) in [5.74, 6) is 0. The second kappa shape index (κ2) is 4.39. The van der Waals surface area contributed by atoms with Crippen molar-refractivity contribution in [2.75, 3.05) is 7.11 Å². The minimum atomic E-state index is 0.190. The fraction of sp³-hybridized carbons (Fsp3) is 0.714. The SMILES string of the molecule is CCC(/C=C(\C)N)OC. The second-order valence-electron chi connectivity index (χ2n) is 2.09. The molecule has 0 aliphatic rings. The molecule has 1 unspecified atom stereocenters. The first-order valence-electron chi connectivity index (χ1n) is 3.17. The number of hydrogen-bond acceptors (Lipinski definition) is 2. The first-order chi connectivity index (χ1) is 4.20. The van der Waals surface area contributed by atoms with Crippen molar-refractivity contribution in [3.05, 3.63) is 11.8 Å². The Morgan fingerprint density at radius 1 is 1.78 bits per heavy atom. The van der Waals surface area contributed by atoms with E-state index in [1.54, 1.807) is 7.11 Å². The smallest absolute Gasteiger partial charge is 0.0768 e. The maximum atomic E-state index is 5.43. The van der Waals surface area contributed by atoms with Gasteiger partial charge in [-0.1, -0.05) is 6.92 Å². The van der Waals surface area contributed by atoms with E-state index in [4.69, 9.17) is 10.5 Å². The van der Waals surface area contributed by atoms with Crippen molar-refractivity contribution in [3.8, 4) is 0 Å². The molecule has 0 spiro atoms. The second-order valence-corrected chi connectivity index (χ2v) is 2.09. The Bertz CT molecular complexity index is 91.1. The predicted molar refractivity (Wildman–Crippen MR) is 39.0 cm³/mol. The van der Waals surface area contributed by atoms with Crippen molar-refractivity contribution in [1.29, 1.82) is 0 Å². The molecule has 9 heavy (non-hydrogen) atoms. The van der Waals surface area contributed by atoms with Gasteiger partial charge in [-0.05, 0) is 19.4 Å². The highest BCUT2D eigenvalue weighted by atomic mass is 16.5. The summed E-state index contributed by atoms with van der Waals surface area (Å²) in [5.41, 5.74) is 6.25. The third-order valence-electron chi connectivity index (χ3n) is 1.15. The van der Waals surface area contributed by atoms with Gasteiger partial charge in [0.25, 0.3) is 0 Å². The Morgan fingerprint density at radius 2 is 2.33 bits per heavy atom. The summed E-state index contributed by atoms with van der Waals surface area (Å²) in [6.45, 7) is 3.93. The molecule has 0 aliphatic heterocycles. The third-order valence-corrected chi connectivity index (χ3v) is 1.15. The Kier molecular flexibility index (Phi) is 4.14. The van der Waals surface area contributed by atoms with Crippen LogP contribution in [0, 0.1) is 0 Å². The van der Waals surface area contributed by atoms with E-state index in [1.165, 1.54) is 0 Å². The van der Waals surface area contributed by atoms with Gasteiger partial charge in [0.15, 0.2) is 0 Å². The Labute approximate surface area is 56.7 Å². The van der Waals surface area contributed by atoms with Crippen LogP contribution in [0.4, 0.5) is 0 Å². The quantitative estimate of drug-likeness (QED) is 0.623. The molecule has 0 bridgehead atoms. The molecule has 0 fully saturated rings. The van der Waals surface area contributed by atoms with Crippen LogP contribution in [0.25, 0.3) is 0 Å². The van der Waals surface area contributed by atoms with Crippen LogP contribution in [0.2, 0.25) is 0 Å². The molecule has 0 saturated carbocycles. The zero-order valence-electron chi connectivity index (χ0n) is 6.35. The molecule has 0 heterocycles. The molecule has 0 radical (unpaired) electrons. The highest BCUT2D eigenvalue weighted by Gasteiger charge is 1.96. The summed E-state index contributed by atoms with van der Waals surface area (Å²) in [4.78, 5) is 0. The first kappa shape index (κ1) is 8.50. The van der Waals surface area contributed by atoms with E-state index in [1.807, 2.05) is 13.0 Å². The number of hydrogen-bond donors (Lipinski definition) is 1. The van der Waals surface area contributed by atoms with Gasteiger partial charge >= 0.3 is 0 Å². The van der Waals surface area contributed by atoms with Gasteiger partial charge in [0.2, 0.25) is 0 Å². The summed E-state index contributed by atoms with van der Waals surface area (Å²) in [6.07, 6.45) is 3.08. The Morgan fingerprint density at radius 3 is 2.44 bits per heavy atom. The van der Waals surface area contributed by atoms with Crippen LogP contribution < -0.4 is 5.73 Å². The molecule has 0 rings (SSSR count). The van der Waals surface area contributed by atoms with E-state index < -0.39 is 0 Å². The minimum absolute atomic E-state index is 0.190. The molecular formula is C7H15NO. The van der Waals surface area contributed by atoms with Crippen molar-refractivity contribution in [2.24, 2.45) is 5.73 Å². The number of ether oxygens (including phenoxy) is 1. The molecule has 0 saturated heterocycles. The molecule has 0 aromatic heterocycles. The van der Waals surface area contributed by atoms with Crippen LogP contribution >= 0.6 is 0 Å². The fourth-order valence-electron chi connectivity index (χ4n) is 0.646.